The lowest BCUT2D eigenvalue weighted by Crippen LogP contribution is -2.34. The number of amides is 1. The molecule has 0 radical (unpaired) electrons. The molecule has 2 rings (SSSR count). The lowest BCUT2D eigenvalue weighted by atomic mass is 9.85. The van der Waals surface area contributed by atoms with Crippen molar-refractivity contribution in [2.75, 3.05) is 25.5 Å². The number of carbonyl (C=O) groups excluding carboxylic acids is 1. The molecule has 4 nitrogen and oxygen atoms in total. The fraction of sp³-hybridized carbons (Fsp3) is 0.562. The van der Waals surface area contributed by atoms with Crippen LogP contribution in [0.4, 0.5) is 5.69 Å². The standard InChI is InChI=1S/C16H23ClN2O2/c1-11(12-4-3-7-18-10-12)8-16(20)19-13-5-6-14(17)15(9-13)21-2/h5-6,9,11-12,18H,3-4,7-8,10H2,1-2H3,(H,19,20). The van der Waals surface area contributed by atoms with Crippen LogP contribution in [-0.4, -0.2) is 26.1 Å². The highest BCUT2D eigenvalue weighted by molar-refractivity contribution is 6.32. The SMILES string of the molecule is COc1cc(NC(=O)CC(C)C2CCCNC2)ccc1Cl. The van der Waals surface area contributed by atoms with Gasteiger partial charge in [-0.15, -0.1) is 0 Å². The molecule has 1 saturated heterocycles. The number of ether oxygens (including phenoxy) is 1. The molecule has 1 fully saturated rings. The monoisotopic (exact) mass is 310 g/mol. The van der Waals surface area contributed by atoms with Crippen LogP contribution in [0.1, 0.15) is 26.2 Å². The first-order valence-electron chi connectivity index (χ1n) is 7.44. The molecule has 1 aromatic rings. The van der Waals surface area contributed by atoms with Crippen LogP contribution in [0.3, 0.4) is 0 Å². The summed E-state index contributed by atoms with van der Waals surface area (Å²) >= 11 is 5.97. The quantitative estimate of drug-likeness (QED) is 0.877. The minimum absolute atomic E-state index is 0.0393. The minimum atomic E-state index is 0.0393. The lowest BCUT2D eigenvalue weighted by molar-refractivity contribution is -0.117. The fourth-order valence-corrected chi connectivity index (χ4v) is 2.97. The Hall–Kier alpha value is -1.26. The molecule has 0 spiro atoms. The van der Waals surface area contributed by atoms with Crippen LogP contribution in [-0.2, 0) is 4.79 Å². The Bertz CT molecular complexity index is 487. The van der Waals surface area contributed by atoms with Gasteiger partial charge in [-0.2, -0.15) is 0 Å². The molecule has 0 saturated carbocycles. The van der Waals surface area contributed by atoms with E-state index in [2.05, 4.69) is 17.6 Å². The summed E-state index contributed by atoms with van der Waals surface area (Å²) in [5.41, 5.74) is 0.718. The maximum absolute atomic E-state index is 12.1. The van der Waals surface area contributed by atoms with Gasteiger partial charge < -0.3 is 15.4 Å². The van der Waals surface area contributed by atoms with E-state index < -0.39 is 0 Å². The van der Waals surface area contributed by atoms with E-state index >= 15 is 0 Å². The van der Waals surface area contributed by atoms with Gasteiger partial charge in [-0.1, -0.05) is 18.5 Å². The molecule has 2 N–H and O–H groups in total. The Kier molecular flexibility index (Phi) is 5.88. The first kappa shape index (κ1) is 16.1. The first-order chi connectivity index (χ1) is 10.1. The van der Waals surface area contributed by atoms with Gasteiger partial charge in [-0.25, -0.2) is 0 Å². The summed E-state index contributed by atoms with van der Waals surface area (Å²) in [6.07, 6.45) is 2.94. The summed E-state index contributed by atoms with van der Waals surface area (Å²) < 4.78 is 5.15. The van der Waals surface area contributed by atoms with Crippen LogP contribution in [0.25, 0.3) is 0 Å². The van der Waals surface area contributed by atoms with Crippen molar-refractivity contribution in [2.45, 2.75) is 26.2 Å². The predicted molar refractivity (Wildman–Crippen MR) is 86.0 cm³/mol. The molecule has 2 atom stereocenters. The van der Waals surface area contributed by atoms with Crippen LogP contribution < -0.4 is 15.4 Å². The number of piperidine rings is 1. The van der Waals surface area contributed by atoms with Gasteiger partial charge in [-0.3, -0.25) is 4.79 Å². The van der Waals surface area contributed by atoms with Gasteiger partial charge in [0.1, 0.15) is 5.75 Å². The molecular weight excluding hydrogens is 288 g/mol. The number of nitrogens with one attached hydrogen (secondary N) is 2. The van der Waals surface area contributed by atoms with Crippen LogP contribution in [0, 0.1) is 11.8 Å². The largest absolute Gasteiger partial charge is 0.495 e. The third-order valence-electron chi connectivity index (χ3n) is 4.08. The van der Waals surface area contributed by atoms with E-state index in [4.69, 9.17) is 16.3 Å². The highest BCUT2D eigenvalue weighted by atomic mass is 35.5. The van der Waals surface area contributed by atoms with E-state index in [1.807, 2.05) is 0 Å². The molecular formula is C16H23ClN2O2. The summed E-state index contributed by atoms with van der Waals surface area (Å²) in [6.45, 7) is 4.27. The molecule has 1 heterocycles. The van der Waals surface area contributed by atoms with Gasteiger partial charge in [0.25, 0.3) is 0 Å². The molecule has 1 aromatic carbocycles. The molecule has 2 unspecified atom stereocenters. The number of hydrogen-bond donors (Lipinski definition) is 2. The first-order valence-corrected chi connectivity index (χ1v) is 7.82. The molecule has 5 heteroatoms. The Labute approximate surface area is 131 Å². The Morgan fingerprint density at radius 1 is 1.57 bits per heavy atom. The maximum Gasteiger partial charge on any atom is 0.224 e. The zero-order valence-corrected chi connectivity index (χ0v) is 13.4. The van der Waals surface area contributed by atoms with Crippen molar-refractivity contribution in [3.63, 3.8) is 0 Å². The second-order valence-corrected chi connectivity index (χ2v) is 6.09. The number of hydrogen-bond acceptors (Lipinski definition) is 3. The number of rotatable bonds is 5. The topological polar surface area (TPSA) is 50.4 Å². The molecule has 1 aliphatic heterocycles. The van der Waals surface area contributed by atoms with Crippen molar-refractivity contribution in [3.05, 3.63) is 23.2 Å². The van der Waals surface area contributed by atoms with E-state index in [1.165, 1.54) is 12.8 Å². The molecule has 116 valence electrons. The molecule has 1 aliphatic rings. The van der Waals surface area contributed by atoms with Crippen molar-refractivity contribution < 1.29 is 9.53 Å². The summed E-state index contributed by atoms with van der Waals surface area (Å²) in [4.78, 5) is 12.1. The van der Waals surface area contributed by atoms with E-state index in [-0.39, 0.29) is 5.91 Å². The number of methoxy groups -OCH3 is 1. The van der Waals surface area contributed by atoms with Crippen molar-refractivity contribution in [2.24, 2.45) is 11.8 Å². The van der Waals surface area contributed by atoms with Gasteiger partial charge in [0.15, 0.2) is 0 Å². The van der Waals surface area contributed by atoms with Gasteiger partial charge >= 0.3 is 0 Å². The van der Waals surface area contributed by atoms with Crippen molar-refractivity contribution in [1.29, 1.82) is 0 Å². The summed E-state index contributed by atoms with van der Waals surface area (Å²) in [5, 5.41) is 6.85. The summed E-state index contributed by atoms with van der Waals surface area (Å²) in [6, 6.07) is 5.26. The number of anilines is 1. The Morgan fingerprint density at radius 3 is 3.05 bits per heavy atom. The number of carbonyl (C=O) groups is 1. The predicted octanol–water partition coefficient (Wildman–Crippen LogP) is 3.31. The van der Waals surface area contributed by atoms with Gasteiger partial charge in [0.05, 0.1) is 12.1 Å². The van der Waals surface area contributed by atoms with E-state index in [0.717, 1.165) is 18.8 Å². The second kappa shape index (κ2) is 7.66. The van der Waals surface area contributed by atoms with Crippen molar-refractivity contribution >= 4 is 23.2 Å². The highest BCUT2D eigenvalue weighted by Gasteiger charge is 2.22. The third kappa shape index (κ3) is 4.61. The van der Waals surface area contributed by atoms with E-state index in [9.17, 15) is 4.79 Å². The molecule has 0 aromatic heterocycles. The van der Waals surface area contributed by atoms with Gasteiger partial charge in [0.2, 0.25) is 5.91 Å². The van der Waals surface area contributed by atoms with E-state index in [1.54, 1.807) is 25.3 Å². The molecule has 0 bridgehead atoms. The highest BCUT2D eigenvalue weighted by Crippen LogP contribution is 2.28. The normalized spacial score (nSPS) is 19.9. The Balaban J connectivity index is 1.89. The maximum atomic E-state index is 12.1. The molecule has 0 aliphatic carbocycles. The zero-order valence-electron chi connectivity index (χ0n) is 12.6. The van der Waals surface area contributed by atoms with Crippen LogP contribution in [0.15, 0.2) is 18.2 Å². The minimum Gasteiger partial charge on any atom is -0.495 e. The lowest BCUT2D eigenvalue weighted by Gasteiger charge is -2.28. The zero-order chi connectivity index (χ0) is 15.2. The van der Waals surface area contributed by atoms with Gasteiger partial charge in [-0.05, 0) is 49.9 Å². The van der Waals surface area contributed by atoms with Crippen molar-refractivity contribution in [3.8, 4) is 5.75 Å². The van der Waals surface area contributed by atoms with Gasteiger partial charge in [0, 0.05) is 18.2 Å². The molecule has 1 amide bonds. The average molecular weight is 311 g/mol. The smallest absolute Gasteiger partial charge is 0.224 e. The van der Waals surface area contributed by atoms with Crippen molar-refractivity contribution in [1.82, 2.24) is 5.32 Å². The second-order valence-electron chi connectivity index (χ2n) is 5.69. The number of halogens is 1. The molecule has 21 heavy (non-hydrogen) atoms. The third-order valence-corrected chi connectivity index (χ3v) is 4.39. The summed E-state index contributed by atoms with van der Waals surface area (Å²) in [7, 11) is 1.56. The fourth-order valence-electron chi connectivity index (χ4n) is 2.77. The number of benzene rings is 1. The van der Waals surface area contributed by atoms with Crippen LogP contribution in [0.5, 0.6) is 5.75 Å². The van der Waals surface area contributed by atoms with Crippen LogP contribution in [0.2, 0.25) is 5.02 Å². The van der Waals surface area contributed by atoms with E-state index in [0.29, 0.717) is 29.0 Å². The van der Waals surface area contributed by atoms with Crippen LogP contribution >= 0.6 is 11.6 Å². The Morgan fingerprint density at radius 2 is 2.38 bits per heavy atom. The average Bonchev–Trinajstić information content (AvgIpc) is 2.50. The summed E-state index contributed by atoms with van der Waals surface area (Å²) in [5.74, 6) is 1.58.